The molecule has 0 fully saturated rings. The van der Waals surface area contributed by atoms with Crippen LogP contribution in [-0.2, 0) is 0 Å². The van der Waals surface area contributed by atoms with Crippen LogP contribution < -0.4 is 10.2 Å². The van der Waals surface area contributed by atoms with Gasteiger partial charge in [-0.05, 0) is 12.1 Å². The Bertz CT molecular complexity index is 242. The summed E-state index contributed by atoms with van der Waals surface area (Å²) >= 11 is 0. The van der Waals surface area contributed by atoms with E-state index in [0.717, 1.165) is 0 Å². The van der Waals surface area contributed by atoms with Gasteiger partial charge in [0.05, 0.1) is 0 Å². The number of ether oxygens (including phenoxy) is 1. The van der Waals surface area contributed by atoms with Crippen LogP contribution in [0.25, 0.3) is 0 Å². The summed E-state index contributed by atoms with van der Waals surface area (Å²) in [6.07, 6.45) is 0. The van der Waals surface area contributed by atoms with Crippen LogP contribution >= 0.6 is 0 Å². The van der Waals surface area contributed by atoms with E-state index in [1.54, 1.807) is 12.1 Å². The largest absolute Gasteiger partial charge is 0.435 e. The molecule has 0 saturated heterocycles. The summed E-state index contributed by atoms with van der Waals surface area (Å²) in [7, 11) is 5.31. The number of benzene rings is 1. The second kappa shape index (κ2) is 11.0. The molecule has 0 bridgehead atoms. The Morgan fingerprint density at radius 1 is 1.13 bits per heavy atom. The molecule has 84 valence electrons. The van der Waals surface area contributed by atoms with Gasteiger partial charge < -0.3 is 4.74 Å². The molecule has 0 atom stereocenters. The molecule has 0 aromatic heterocycles. The zero-order valence-corrected chi connectivity index (χ0v) is 9.63. The van der Waals surface area contributed by atoms with Gasteiger partial charge in [-0.3, -0.25) is 0 Å². The van der Waals surface area contributed by atoms with E-state index >= 15 is 0 Å². The smallest absolute Gasteiger partial charge is 0.387 e. The van der Waals surface area contributed by atoms with Gasteiger partial charge in [0.2, 0.25) is 0 Å². The van der Waals surface area contributed by atoms with E-state index in [2.05, 4.69) is 4.74 Å². The summed E-state index contributed by atoms with van der Waals surface area (Å²) in [5, 5.41) is 0. The molecular weight excluding hydrogens is 197 g/mol. The fourth-order valence-electron chi connectivity index (χ4n) is 0.691. The molecule has 1 aromatic rings. The molecule has 0 N–H and O–H groups in total. The molecule has 0 saturated carbocycles. The van der Waals surface area contributed by atoms with Crippen molar-refractivity contribution in [3.63, 3.8) is 0 Å². The maximum atomic E-state index is 11.6. The molecule has 0 unspecified atom stereocenters. The van der Waals surface area contributed by atoms with E-state index in [-0.39, 0.29) is 5.75 Å². The minimum Gasteiger partial charge on any atom is -0.435 e. The van der Waals surface area contributed by atoms with Gasteiger partial charge >= 0.3 is 6.61 Å². The maximum Gasteiger partial charge on any atom is 0.387 e. The van der Waals surface area contributed by atoms with Crippen LogP contribution in [-0.4, -0.2) is 14.5 Å². The second-order valence-electron chi connectivity index (χ2n) is 1.95. The fraction of sp³-hybridized carbons (Fsp3) is 0.455. The third kappa shape index (κ3) is 9.25. The number of hydrogen-bond acceptors (Lipinski definition) is 1. The standard InChI is InChI=1S/C7H5BF2O.2C2H6/c8-5-2-1-3-6(4-5)11-7(9)10;2*1-2/h1-4,7H;2*1-2H3. The van der Waals surface area contributed by atoms with E-state index in [1.807, 2.05) is 27.7 Å². The van der Waals surface area contributed by atoms with Gasteiger partial charge in [-0.1, -0.05) is 45.3 Å². The van der Waals surface area contributed by atoms with E-state index in [1.165, 1.54) is 12.1 Å². The van der Waals surface area contributed by atoms with Crippen LogP contribution in [0.5, 0.6) is 5.75 Å². The van der Waals surface area contributed by atoms with Crippen LogP contribution in [0.3, 0.4) is 0 Å². The van der Waals surface area contributed by atoms with Crippen LogP contribution in [0.1, 0.15) is 27.7 Å². The Morgan fingerprint density at radius 3 is 2.07 bits per heavy atom. The fourth-order valence-corrected chi connectivity index (χ4v) is 0.691. The van der Waals surface area contributed by atoms with Crippen molar-refractivity contribution >= 4 is 13.3 Å². The Labute approximate surface area is 91.9 Å². The Hall–Kier alpha value is -1.06. The molecule has 2 radical (unpaired) electrons. The zero-order chi connectivity index (χ0) is 12.3. The number of rotatable bonds is 2. The van der Waals surface area contributed by atoms with Gasteiger partial charge in [-0.2, -0.15) is 8.78 Å². The molecule has 1 nitrogen and oxygen atoms in total. The maximum absolute atomic E-state index is 11.6. The molecule has 4 heteroatoms. The molecule has 0 aliphatic heterocycles. The predicted octanol–water partition coefficient (Wildman–Crippen LogP) is 3.13. The first kappa shape index (κ1) is 16.4. The van der Waals surface area contributed by atoms with Crippen LogP contribution in [0.2, 0.25) is 0 Å². The highest BCUT2D eigenvalue weighted by Crippen LogP contribution is 2.10. The summed E-state index contributed by atoms with van der Waals surface area (Å²) in [6, 6.07) is 5.90. The summed E-state index contributed by atoms with van der Waals surface area (Å²) in [5.74, 6) is 0.0833. The van der Waals surface area contributed by atoms with Crippen molar-refractivity contribution in [2.45, 2.75) is 34.3 Å². The predicted molar refractivity (Wildman–Crippen MR) is 61.2 cm³/mol. The Morgan fingerprint density at radius 2 is 1.67 bits per heavy atom. The lowest BCUT2D eigenvalue weighted by Gasteiger charge is -2.03. The van der Waals surface area contributed by atoms with Crippen LogP contribution in [0.4, 0.5) is 8.78 Å². The average Bonchev–Trinajstić information content (AvgIpc) is 2.23. The zero-order valence-electron chi connectivity index (χ0n) is 9.63. The topological polar surface area (TPSA) is 9.23 Å². The van der Waals surface area contributed by atoms with Crippen molar-refractivity contribution in [1.29, 1.82) is 0 Å². The summed E-state index contributed by atoms with van der Waals surface area (Å²) in [6.45, 7) is 5.21. The number of alkyl halides is 2. The minimum atomic E-state index is -2.79. The lowest BCUT2D eigenvalue weighted by Crippen LogP contribution is -2.06. The van der Waals surface area contributed by atoms with Crippen molar-refractivity contribution < 1.29 is 13.5 Å². The first-order chi connectivity index (χ1) is 7.18. The quantitative estimate of drug-likeness (QED) is 0.687. The van der Waals surface area contributed by atoms with Crippen molar-refractivity contribution in [1.82, 2.24) is 0 Å². The highest BCUT2D eigenvalue weighted by atomic mass is 19.3. The monoisotopic (exact) mass is 214 g/mol. The molecule has 0 amide bonds. The lowest BCUT2D eigenvalue weighted by atomic mass is 9.96. The van der Waals surface area contributed by atoms with E-state index in [9.17, 15) is 8.78 Å². The Balaban J connectivity index is 0. The minimum absolute atomic E-state index is 0.0833. The molecule has 0 aliphatic rings. The van der Waals surface area contributed by atoms with Crippen LogP contribution in [0.15, 0.2) is 24.3 Å². The highest BCUT2D eigenvalue weighted by molar-refractivity contribution is 6.32. The number of halogens is 2. The van der Waals surface area contributed by atoms with Crippen molar-refractivity contribution in [3.05, 3.63) is 24.3 Å². The van der Waals surface area contributed by atoms with Gasteiger partial charge in [0, 0.05) is 0 Å². The van der Waals surface area contributed by atoms with Crippen molar-refractivity contribution in [2.75, 3.05) is 0 Å². The normalized spacial score (nSPS) is 8.20. The van der Waals surface area contributed by atoms with Gasteiger partial charge in [-0.15, -0.1) is 0 Å². The van der Waals surface area contributed by atoms with E-state index in [0.29, 0.717) is 5.46 Å². The van der Waals surface area contributed by atoms with Gasteiger partial charge in [0.25, 0.3) is 0 Å². The summed E-state index contributed by atoms with van der Waals surface area (Å²) in [5.41, 5.74) is 0.406. The molecule has 0 heterocycles. The SMILES string of the molecule is CC.CC.[B]c1cccc(OC(F)F)c1. The highest BCUT2D eigenvalue weighted by Gasteiger charge is 2.02. The van der Waals surface area contributed by atoms with Gasteiger partial charge in [0.15, 0.2) is 0 Å². The van der Waals surface area contributed by atoms with Crippen LogP contribution in [0, 0.1) is 0 Å². The first-order valence-electron chi connectivity index (χ1n) is 4.99. The summed E-state index contributed by atoms with van der Waals surface area (Å²) < 4.78 is 27.3. The van der Waals surface area contributed by atoms with Gasteiger partial charge in [0.1, 0.15) is 13.6 Å². The molecule has 0 spiro atoms. The first-order valence-corrected chi connectivity index (χ1v) is 4.99. The van der Waals surface area contributed by atoms with E-state index < -0.39 is 6.61 Å². The summed E-state index contributed by atoms with van der Waals surface area (Å²) in [4.78, 5) is 0. The van der Waals surface area contributed by atoms with Crippen molar-refractivity contribution in [3.8, 4) is 5.75 Å². The Kier molecular flexibility index (Phi) is 12.0. The number of hydrogen-bond donors (Lipinski definition) is 0. The van der Waals surface area contributed by atoms with E-state index in [4.69, 9.17) is 7.85 Å². The molecule has 0 aliphatic carbocycles. The average molecular weight is 214 g/mol. The third-order valence-corrected chi connectivity index (χ3v) is 1.08. The van der Waals surface area contributed by atoms with Gasteiger partial charge in [-0.25, -0.2) is 0 Å². The third-order valence-electron chi connectivity index (χ3n) is 1.08. The molecule has 1 aromatic carbocycles. The van der Waals surface area contributed by atoms with Crippen molar-refractivity contribution in [2.24, 2.45) is 0 Å². The second-order valence-corrected chi connectivity index (χ2v) is 1.95. The lowest BCUT2D eigenvalue weighted by molar-refractivity contribution is -0.0497. The molecular formula is C11H17BF2O. The molecule has 15 heavy (non-hydrogen) atoms. The molecule has 1 rings (SSSR count).